The van der Waals surface area contributed by atoms with Crippen LogP contribution in [-0.2, 0) is 23.6 Å². The number of hydrogen-bond acceptors (Lipinski definition) is 3. The monoisotopic (exact) mass is 375 g/mol. The van der Waals surface area contributed by atoms with Gasteiger partial charge in [0, 0.05) is 39.9 Å². The highest BCUT2D eigenvalue weighted by Crippen LogP contribution is 2.23. The minimum Gasteiger partial charge on any atom is -0.345 e. The number of benzene rings is 1. The fourth-order valence-corrected chi connectivity index (χ4v) is 4.86. The second-order valence-corrected chi connectivity index (χ2v) is 8.81. The van der Waals surface area contributed by atoms with Gasteiger partial charge in [0.1, 0.15) is 10.6 Å². The number of nitrogens with zero attached hydrogens (tertiary/aromatic N) is 3. The van der Waals surface area contributed by atoms with Gasteiger partial charge in [0.2, 0.25) is 10.0 Å². The highest BCUT2D eigenvalue weighted by atomic mass is 32.2. The zero-order chi connectivity index (χ0) is 18.9. The van der Waals surface area contributed by atoms with Gasteiger partial charge >= 0.3 is 0 Å². The molecule has 0 N–H and O–H groups in total. The van der Waals surface area contributed by atoms with Crippen molar-refractivity contribution in [2.45, 2.75) is 31.2 Å². The predicted molar refractivity (Wildman–Crippen MR) is 100 cm³/mol. The summed E-state index contributed by atoms with van der Waals surface area (Å²) in [7, 11) is -0.0847. The Labute approximate surface area is 155 Å². The third-order valence-corrected chi connectivity index (χ3v) is 6.78. The van der Waals surface area contributed by atoms with E-state index in [-0.39, 0.29) is 10.8 Å². The Kier molecular flexibility index (Phi) is 5.20. The van der Waals surface area contributed by atoms with Crippen molar-refractivity contribution in [3.05, 3.63) is 53.3 Å². The summed E-state index contributed by atoms with van der Waals surface area (Å²) in [5.41, 5.74) is 2.57. The van der Waals surface area contributed by atoms with Crippen molar-refractivity contribution in [3.63, 3.8) is 0 Å². The first-order chi connectivity index (χ1) is 12.3. The van der Waals surface area contributed by atoms with Crippen LogP contribution in [0.5, 0.6) is 0 Å². The summed E-state index contributed by atoms with van der Waals surface area (Å²) in [5.74, 6) is -0.196. The molecule has 1 saturated heterocycles. The van der Waals surface area contributed by atoms with Crippen LogP contribution in [0.2, 0.25) is 0 Å². The van der Waals surface area contributed by atoms with E-state index < -0.39 is 10.0 Å². The lowest BCUT2D eigenvalue weighted by atomic mass is 10.1. The Hall–Kier alpha value is -2.12. The third kappa shape index (κ3) is 3.54. The van der Waals surface area contributed by atoms with Crippen LogP contribution in [-0.4, -0.2) is 48.2 Å². The maximum absolute atomic E-state index is 12.8. The molecule has 1 aliphatic heterocycles. The number of rotatable bonds is 5. The molecule has 1 aromatic carbocycles. The lowest BCUT2D eigenvalue weighted by Gasteiger charge is -2.18. The maximum Gasteiger partial charge on any atom is 0.270 e. The first-order valence-electron chi connectivity index (χ1n) is 8.77. The highest BCUT2D eigenvalue weighted by Gasteiger charge is 2.30. The predicted octanol–water partition coefficient (Wildman–Crippen LogP) is 2.39. The van der Waals surface area contributed by atoms with Gasteiger partial charge in [-0.15, -0.1) is 0 Å². The van der Waals surface area contributed by atoms with Crippen molar-refractivity contribution in [2.24, 2.45) is 7.05 Å². The number of aromatic nitrogens is 1. The average molecular weight is 375 g/mol. The summed E-state index contributed by atoms with van der Waals surface area (Å²) in [4.78, 5) is 14.6. The molecule has 26 heavy (non-hydrogen) atoms. The molecule has 3 rings (SSSR count). The van der Waals surface area contributed by atoms with E-state index in [1.54, 1.807) is 23.6 Å². The first-order valence-corrected chi connectivity index (χ1v) is 10.2. The summed E-state index contributed by atoms with van der Waals surface area (Å²) in [5, 5.41) is 0. The van der Waals surface area contributed by atoms with Crippen molar-refractivity contribution in [2.75, 3.05) is 20.1 Å². The fourth-order valence-electron chi connectivity index (χ4n) is 3.28. The molecule has 0 spiro atoms. The Balaban J connectivity index is 1.82. The minimum atomic E-state index is -3.52. The summed E-state index contributed by atoms with van der Waals surface area (Å²) < 4.78 is 28.5. The van der Waals surface area contributed by atoms with E-state index in [9.17, 15) is 13.2 Å². The van der Waals surface area contributed by atoms with Crippen LogP contribution < -0.4 is 0 Å². The molecule has 1 fully saturated rings. The van der Waals surface area contributed by atoms with Gasteiger partial charge < -0.3 is 9.47 Å². The second kappa shape index (κ2) is 7.25. The summed E-state index contributed by atoms with van der Waals surface area (Å²) in [6.45, 7) is 3.59. The molecule has 7 heteroatoms. The Morgan fingerprint density at radius 1 is 1.19 bits per heavy atom. The summed E-state index contributed by atoms with van der Waals surface area (Å²) >= 11 is 0. The molecule has 0 unspecified atom stereocenters. The van der Waals surface area contributed by atoms with E-state index >= 15 is 0 Å². The smallest absolute Gasteiger partial charge is 0.270 e. The van der Waals surface area contributed by atoms with Crippen molar-refractivity contribution in [1.29, 1.82) is 0 Å². The van der Waals surface area contributed by atoms with Crippen LogP contribution in [0.1, 0.15) is 34.5 Å². The molecule has 0 bridgehead atoms. The molecule has 140 valence electrons. The van der Waals surface area contributed by atoms with Gasteiger partial charge in [0.25, 0.3) is 5.91 Å². The summed E-state index contributed by atoms with van der Waals surface area (Å²) in [6, 6.07) is 9.41. The van der Waals surface area contributed by atoms with E-state index in [4.69, 9.17) is 0 Å². The molecule has 2 aromatic rings. The van der Waals surface area contributed by atoms with E-state index in [0.29, 0.717) is 25.3 Å². The molecular weight excluding hydrogens is 350 g/mol. The number of carbonyl (C=O) groups excluding carboxylic acids is 1. The van der Waals surface area contributed by atoms with E-state index in [0.717, 1.165) is 24.0 Å². The second-order valence-electron chi connectivity index (χ2n) is 6.87. The normalized spacial score (nSPS) is 15.3. The Morgan fingerprint density at radius 2 is 1.85 bits per heavy atom. The number of sulfonamides is 1. The molecule has 0 radical (unpaired) electrons. The van der Waals surface area contributed by atoms with Crippen molar-refractivity contribution in [3.8, 4) is 0 Å². The van der Waals surface area contributed by atoms with Gasteiger partial charge in [0.05, 0.1) is 0 Å². The van der Waals surface area contributed by atoms with E-state index in [1.165, 1.54) is 16.6 Å². The van der Waals surface area contributed by atoms with Crippen LogP contribution in [0, 0.1) is 6.92 Å². The minimum absolute atomic E-state index is 0.189. The van der Waals surface area contributed by atoms with Gasteiger partial charge in [0.15, 0.2) is 0 Å². The third-order valence-electron chi connectivity index (χ3n) is 4.92. The molecule has 2 heterocycles. The van der Waals surface area contributed by atoms with E-state index in [2.05, 4.69) is 0 Å². The molecule has 6 nitrogen and oxygen atoms in total. The highest BCUT2D eigenvalue weighted by molar-refractivity contribution is 7.89. The topological polar surface area (TPSA) is 62.6 Å². The molecule has 1 aromatic heterocycles. The van der Waals surface area contributed by atoms with Crippen LogP contribution in [0.25, 0.3) is 0 Å². The molecular formula is C19H25N3O3S. The van der Waals surface area contributed by atoms with Gasteiger partial charge in [-0.2, -0.15) is 4.31 Å². The van der Waals surface area contributed by atoms with Gasteiger partial charge in [-0.05, 0) is 37.0 Å². The van der Waals surface area contributed by atoms with Crippen LogP contribution in [0.3, 0.4) is 0 Å². The molecule has 1 amide bonds. The number of amides is 1. The SMILES string of the molecule is Cc1ccccc1CN(C)C(=O)c1cc(S(=O)(=O)N2CCCC2)cn1C. The van der Waals surface area contributed by atoms with Crippen molar-refractivity contribution in [1.82, 2.24) is 13.8 Å². The zero-order valence-electron chi connectivity index (χ0n) is 15.5. The Morgan fingerprint density at radius 3 is 2.50 bits per heavy atom. The quantitative estimate of drug-likeness (QED) is 0.806. The lowest BCUT2D eigenvalue weighted by molar-refractivity contribution is 0.0775. The first kappa shape index (κ1) is 18.7. The van der Waals surface area contributed by atoms with Crippen LogP contribution in [0.15, 0.2) is 41.4 Å². The average Bonchev–Trinajstić information content (AvgIpc) is 3.26. The van der Waals surface area contributed by atoms with Crippen LogP contribution in [0.4, 0.5) is 0 Å². The molecule has 0 aliphatic carbocycles. The summed E-state index contributed by atoms with van der Waals surface area (Å²) in [6.07, 6.45) is 3.30. The standard InChI is InChI=1S/C19H25N3O3S/c1-15-8-4-5-9-16(15)13-21(3)19(23)18-12-17(14-20(18)2)26(24,25)22-10-6-7-11-22/h4-5,8-9,12,14H,6-7,10-11,13H2,1-3H3. The van der Waals surface area contributed by atoms with E-state index in [1.807, 2.05) is 31.2 Å². The van der Waals surface area contributed by atoms with Gasteiger partial charge in [-0.3, -0.25) is 4.79 Å². The maximum atomic E-state index is 12.8. The fraction of sp³-hybridized carbons (Fsp3) is 0.421. The molecule has 0 atom stereocenters. The van der Waals surface area contributed by atoms with Crippen LogP contribution >= 0.6 is 0 Å². The Bertz CT molecular complexity index is 912. The van der Waals surface area contributed by atoms with Crippen molar-refractivity contribution >= 4 is 15.9 Å². The van der Waals surface area contributed by atoms with Gasteiger partial charge in [-0.1, -0.05) is 24.3 Å². The largest absolute Gasteiger partial charge is 0.345 e. The van der Waals surface area contributed by atoms with Crippen molar-refractivity contribution < 1.29 is 13.2 Å². The number of carbonyl (C=O) groups is 1. The number of aryl methyl sites for hydroxylation is 2. The van der Waals surface area contributed by atoms with Gasteiger partial charge in [-0.25, -0.2) is 8.42 Å². The zero-order valence-corrected chi connectivity index (χ0v) is 16.3. The number of hydrogen-bond donors (Lipinski definition) is 0. The molecule has 0 saturated carbocycles. The molecule has 1 aliphatic rings. The lowest BCUT2D eigenvalue weighted by Crippen LogP contribution is -2.28.